The molecule has 94 valence electrons. The number of aromatic amines is 1. The third-order valence-electron chi connectivity index (χ3n) is 2.28. The van der Waals surface area contributed by atoms with Gasteiger partial charge in [-0.15, -0.1) is 0 Å². The zero-order valence-corrected chi connectivity index (χ0v) is 10.2. The molecule has 18 heavy (non-hydrogen) atoms. The quantitative estimate of drug-likeness (QED) is 0.769. The summed E-state index contributed by atoms with van der Waals surface area (Å²) in [6, 6.07) is 3.09. The standard InChI is InChI=1S/C11H12ClN5O/c12-7-1-2-8(13)17-10(7)11(18)16-4-3-9-14-5-6-15-9/h1-2,5-6H,3-4H2,(H2,13,17)(H,14,15)(H,16,18). The molecule has 0 radical (unpaired) electrons. The van der Waals surface area contributed by atoms with Crippen LogP contribution in [0.1, 0.15) is 16.3 Å². The minimum atomic E-state index is -0.348. The van der Waals surface area contributed by atoms with Crippen LogP contribution in [0.5, 0.6) is 0 Å². The van der Waals surface area contributed by atoms with E-state index in [2.05, 4.69) is 20.3 Å². The SMILES string of the molecule is Nc1ccc(Cl)c(C(=O)NCCc2ncc[nH]2)n1. The number of rotatable bonds is 4. The lowest BCUT2D eigenvalue weighted by Crippen LogP contribution is -2.27. The third-order valence-corrected chi connectivity index (χ3v) is 2.59. The Morgan fingerprint density at radius 3 is 3.06 bits per heavy atom. The van der Waals surface area contributed by atoms with Gasteiger partial charge in [0.15, 0.2) is 0 Å². The van der Waals surface area contributed by atoms with E-state index in [0.717, 1.165) is 5.82 Å². The molecule has 2 aromatic heterocycles. The van der Waals surface area contributed by atoms with E-state index in [-0.39, 0.29) is 22.4 Å². The number of nitrogen functional groups attached to an aromatic ring is 1. The van der Waals surface area contributed by atoms with Crippen molar-refractivity contribution in [2.45, 2.75) is 6.42 Å². The van der Waals surface area contributed by atoms with Crippen molar-refractivity contribution in [2.24, 2.45) is 0 Å². The molecule has 0 saturated carbocycles. The summed E-state index contributed by atoms with van der Waals surface area (Å²) in [5.74, 6) is 0.719. The Morgan fingerprint density at radius 1 is 1.50 bits per heavy atom. The maximum absolute atomic E-state index is 11.8. The second kappa shape index (κ2) is 5.50. The summed E-state index contributed by atoms with van der Waals surface area (Å²) in [7, 11) is 0. The van der Waals surface area contributed by atoms with Gasteiger partial charge in [-0.1, -0.05) is 11.6 Å². The Labute approximate surface area is 109 Å². The van der Waals surface area contributed by atoms with E-state index in [9.17, 15) is 4.79 Å². The number of aromatic nitrogens is 3. The van der Waals surface area contributed by atoms with Gasteiger partial charge in [0.25, 0.3) is 5.91 Å². The minimum Gasteiger partial charge on any atom is -0.384 e. The summed E-state index contributed by atoms with van der Waals surface area (Å²) in [4.78, 5) is 22.7. The summed E-state index contributed by atoms with van der Waals surface area (Å²) in [6.07, 6.45) is 4.00. The molecule has 0 fully saturated rings. The fourth-order valence-corrected chi connectivity index (χ4v) is 1.62. The number of amides is 1. The molecule has 2 aromatic rings. The van der Waals surface area contributed by atoms with Gasteiger partial charge in [-0.05, 0) is 12.1 Å². The van der Waals surface area contributed by atoms with Gasteiger partial charge in [0.05, 0.1) is 5.02 Å². The molecular weight excluding hydrogens is 254 g/mol. The Kier molecular flexibility index (Phi) is 3.78. The second-order valence-electron chi connectivity index (χ2n) is 3.61. The molecule has 0 aliphatic rings. The van der Waals surface area contributed by atoms with Crippen molar-refractivity contribution in [3.05, 3.63) is 41.1 Å². The number of carbonyl (C=O) groups excluding carboxylic acids is 1. The fourth-order valence-electron chi connectivity index (χ4n) is 1.43. The number of anilines is 1. The van der Waals surface area contributed by atoms with Crippen molar-refractivity contribution < 1.29 is 4.79 Å². The first kappa shape index (κ1) is 12.4. The molecule has 0 aromatic carbocycles. The first-order chi connectivity index (χ1) is 8.66. The minimum absolute atomic E-state index is 0.135. The maximum Gasteiger partial charge on any atom is 0.271 e. The van der Waals surface area contributed by atoms with Gasteiger partial charge in [-0.3, -0.25) is 4.79 Å². The lowest BCUT2D eigenvalue weighted by atomic mass is 10.3. The molecule has 6 nitrogen and oxygen atoms in total. The zero-order valence-electron chi connectivity index (χ0n) is 9.48. The zero-order chi connectivity index (χ0) is 13.0. The molecule has 1 amide bonds. The highest BCUT2D eigenvalue weighted by molar-refractivity contribution is 6.33. The summed E-state index contributed by atoms with van der Waals surface area (Å²) in [6.45, 7) is 0.444. The van der Waals surface area contributed by atoms with Crippen LogP contribution >= 0.6 is 11.6 Å². The number of carbonyl (C=O) groups is 1. The van der Waals surface area contributed by atoms with Crippen molar-refractivity contribution in [1.82, 2.24) is 20.3 Å². The number of nitrogens with zero attached hydrogens (tertiary/aromatic N) is 2. The van der Waals surface area contributed by atoms with Gasteiger partial charge in [0.2, 0.25) is 0 Å². The first-order valence-corrected chi connectivity index (χ1v) is 5.73. The van der Waals surface area contributed by atoms with Crippen LogP contribution in [0.4, 0.5) is 5.82 Å². The highest BCUT2D eigenvalue weighted by Crippen LogP contribution is 2.14. The van der Waals surface area contributed by atoms with E-state index in [1.165, 1.54) is 0 Å². The predicted octanol–water partition coefficient (Wildman–Crippen LogP) is 1.01. The number of nitrogens with one attached hydrogen (secondary N) is 2. The molecule has 0 spiro atoms. The van der Waals surface area contributed by atoms with E-state index < -0.39 is 0 Å². The lowest BCUT2D eigenvalue weighted by Gasteiger charge is -2.05. The Bertz CT molecular complexity index is 540. The maximum atomic E-state index is 11.8. The molecule has 4 N–H and O–H groups in total. The van der Waals surface area contributed by atoms with E-state index in [0.29, 0.717) is 13.0 Å². The average molecular weight is 266 g/mol. The highest BCUT2D eigenvalue weighted by atomic mass is 35.5. The van der Waals surface area contributed by atoms with Crippen molar-refractivity contribution in [3.8, 4) is 0 Å². The molecule has 0 unspecified atom stereocenters. The van der Waals surface area contributed by atoms with E-state index in [1.807, 2.05) is 0 Å². The third kappa shape index (κ3) is 2.98. The average Bonchev–Trinajstić information content (AvgIpc) is 2.85. The van der Waals surface area contributed by atoms with Gasteiger partial charge < -0.3 is 16.0 Å². The Morgan fingerprint density at radius 2 is 2.33 bits per heavy atom. The summed E-state index contributed by atoms with van der Waals surface area (Å²) >= 11 is 5.87. The molecule has 7 heteroatoms. The van der Waals surface area contributed by atoms with Gasteiger partial charge in [-0.25, -0.2) is 9.97 Å². The number of hydrogen-bond acceptors (Lipinski definition) is 4. The van der Waals surface area contributed by atoms with Crippen molar-refractivity contribution in [3.63, 3.8) is 0 Å². The van der Waals surface area contributed by atoms with Crippen LogP contribution in [0.3, 0.4) is 0 Å². The molecule has 0 aliphatic carbocycles. The van der Waals surface area contributed by atoms with Crippen molar-refractivity contribution >= 4 is 23.3 Å². The van der Waals surface area contributed by atoms with Gasteiger partial charge in [-0.2, -0.15) is 0 Å². The topological polar surface area (TPSA) is 96.7 Å². The van der Waals surface area contributed by atoms with E-state index in [4.69, 9.17) is 17.3 Å². The summed E-state index contributed by atoms with van der Waals surface area (Å²) < 4.78 is 0. The van der Waals surface area contributed by atoms with Crippen LogP contribution in [0.25, 0.3) is 0 Å². The molecular formula is C11H12ClN5O. The first-order valence-electron chi connectivity index (χ1n) is 5.35. The van der Waals surface area contributed by atoms with Crippen molar-refractivity contribution in [1.29, 1.82) is 0 Å². The number of H-pyrrole nitrogens is 1. The predicted molar refractivity (Wildman–Crippen MR) is 68.3 cm³/mol. The smallest absolute Gasteiger partial charge is 0.271 e. The van der Waals surface area contributed by atoms with Crippen LogP contribution in [0, 0.1) is 0 Å². The van der Waals surface area contributed by atoms with Crippen LogP contribution < -0.4 is 11.1 Å². The molecule has 0 saturated heterocycles. The molecule has 0 atom stereocenters. The lowest BCUT2D eigenvalue weighted by molar-refractivity contribution is 0.0949. The van der Waals surface area contributed by atoms with Crippen LogP contribution in [-0.2, 0) is 6.42 Å². The Hall–Kier alpha value is -2.08. The van der Waals surface area contributed by atoms with Gasteiger partial charge >= 0.3 is 0 Å². The molecule has 0 aliphatic heterocycles. The number of hydrogen-bond donors (Lipinski definition) is 3. The highest BCUT2D eigenvalue weighted by Gasteiger charge is 2.12. The fraction of sp³-hybridized carbons (Fsp3) is 0.182. The largest absolute Gasteiger partial charge is 0.384 e. The van der Waals surface area contributed by atoms with Gasteiger partial charge in [0.1, 0.15) is 17.3 Å². The number of imidazole rings is 1. The summed E-state index contributed by atoms with van der Waals surface area (Å²) in [5, 5.41) is 2.98. The molecule has 2 heterocycles. The van der Waals surface area contributed by atoms with E-state index in [1.54, 1.807) is 24.5 Å². The summed E-state index contributed by atoms with van der Waals surface area (Å²) in [5.41, 5.74) is 5.64. The number of nitrogens with two attached hydrogens (primary N) is 1. The van der Waals surface area contributed by atoms with Gasteiger partial charge in [0, 0.05) is 25.4 Å². The number of halogens is 1. The van der Waals surface area contributed by atoms with Crippen molar-refractivity contribution in [2.75, 3.05) is 12.3 Å². The monoisotopic (exact) mass is 265 g/mol. The van der Waals surface area contributed by atoms with Crippen LogP contribution in [0.15, 0.2) is 24.5 Å². The molecule has 2 rings (SSSR count). The van der Waals surface area contributed by atoms with E-state index >= 15 is 0 Å². The second-order valence-corrected chi connectivity index (χ2v) is 4.02. The molecule has 0 bridgehead atoms. The van der Waals surface area contributed by atoms with Crippen LogP contribution in [-0.4, -0.2) is 27.4 Å². The number of pyridine rings is 1. The Balaban J connectivity index is 1.93. The van der Waals surface area contributed by atoms with Crippen LogP contribution in [0.2, 0.25) is 5.02 Å². The normalized spacial score (nSPS) is 10.3.